The van der Waals surface area contributed by atoms with Crippen molar-refractivity contribution >= 4 is 11.7 Å². The summed E-state index contributed by atoms with van der Waals surface area (Å²) in [5.41, 5.74) is 1.41. The van der Waals surface area contributed by atoms with Gasteiger partial charge in [-0.3, -0.25) is 4.98 Å². The molecule has 3 aromatic rings. The number of hydrogen-bond donors (Lipinski definition) is 1. The predicted octanol–water partition coefficient (Wildman–Crippen LogP) is 1.76. The molecule has 0 spiro atoms. The van der Waals surface area contributed by atoms with Crippen molar-refractivity contribution in [2.24, 2.45) is 0 Å². The number of fused-ring (bicyclic) bond motifs is 1. The number of aromatic carboxylic acids is 1. The highest BCUT2D eigenvalue weighted by Gasteiger charge is 2.29. The van der Waals surface area contributed by atoms with E-state index in [9.17, 15) is 9.90 Å². The summed E-state index contributed by atoms with van der Waals surface area (Å²) in [6.07, 6.45) is 5.38. The van der Waals surface area contributed by atoms with Crippen LogP contribution < -0.4 is 0 Å². The second kappa shape index (κ2) is 4.34. The topological polar surface area (TPSA) is 93.3 Å². The van der Waals surface area contributed by atoms with Crippen LogP contribution in [0.2, 0.25) is 0 Å². The molecular weight excluding hydrogens is 270 g/mol. The van der Waals surface area contributed by atoms with Gasteiger partial charge in [0.15, 0.2) is 11.5 Å². The van der Waals surface area contributed by atoms with Gasteiger partial charge in [0.05, 0.1) is 5.69 Å². The normalized spacial score (nSPS) is 14.5. The van der Waals surface area contributed by atoms with Gasteiger partial charge in [0, 0.05) is 23.9 Å². The number of rotatable bonds is 3. The van der Waals surface area contributed by atoms with Gasteiger partial charge in [-0.05, 0) is 31.0 Å². The van der Waals surface area contributed by atoms with Crippen molar-refractivity contribution in [1.82, 2.24) is 24.6 Å². The number of aromatic nitrogens is 5. The second-order valence-electron chi connectivity index (χ2n) is 5.02. The summed E-state index contributed by atoms with van der Waals surface area (Å²) >= 11 is 0. The van der Waals surface area contributed by atoms with E-state index < -0.39 is 5.97 Å². The minimum atomic E-state index is -1.05. The van der Waals surface area contributed by atoms with Crippen LogP contribution >= 0.6 is 0 Å². The maximum absolute atomic E-state index is 11.5. The Morgan fingerprint density at radius 2 is 2.00 bits per heavy atom. The molecule has 0 amide bonds. The fraction of sp³-hybridized carbons (Fsp3) is 0.214. The van der Waals surface area contributed by atoms with Crippen molar-refractivity contribution in [3.8, 4) is 11.3 Å². The molecule has 1 N–H and O–H groups in total. The lowest BCUT2D eigenvalue weighted by molar-refractivity contribution is 0.0687. The minimum absolute atomic E-state index is 0.0613. The fourth-order valence-corrected chi connectivity index (χ4v) is 2.22. The summed E-state index contributed by atoms with van der Waals surface area (Å²) in [4.78, 5) is 24.2. The van der Waals surface area contributed by atoms with Crippen LogP contribution in [-0.2, 0) is 0 Å². The largest absolute Gasteiger partial charge is 0.477 e. The maximum Gasteiger partial charge on any atom is 0.354 e. The molecule has 0 bridgehead atoms. The quantitative estimate of drug-likeness (QED) is 0.786. The molecule has 7 nitrogen and oxygen atoms in total. The molecule has 4 rings (SSSR count). The highest BCUT2D eigenvalue weighted by Crippen LogP contribution is 2.38. The average molecular weight is 281 g/mol. The molecule has 7 heteroatoms. The monoisotopic (exact) mass is 281 g/mol. The van der Waals surface area contributed by atoms with Crippen LogP contribution in [0.25, 0.3) is 17.0 Å². The molecule has 1 aliphatic rings. The Balaban J connectivity index is 1.95. The third-order valence-corrected chi connectivity index (χ3v) is 3.47. The molecule has 3 heterocycles. The van der Waals surface area contributed by atoms with Crippen molar-refractivity contribution in [2.45, 2.75) is 18.8 Å². The molecule has 1 fully saturated rings. The molecule has 1 aliphatic carbocycles. The van der Waals surface area contributed by atoms with E-state index in [-0.39, 0.29) is 5.69 Å². The van der Waals surface area contributed by atoms with Crippen molar-refractivity contribution in [1.29, 1.82) is 0 Å². The Morgan fingerprint density at radius 3 is 2.67 bits per heavy atom. The summed E-state index contributed by atoms with van der Waals surface area (Å²) in [5, 5.41) is 13.7. The van der Waals surface area contributed by atoms with E-state index >= 15 is 0 Å². The molecule has 0 radical (unpaired) electrons. The first kappa shape index (κ1) is 12.0. The van der Waals surface area contributed by atoms with Gasteiger partial charge in [-0.1, -0.05) is 0 Å². The van der Waals surface area contributed by atoms with Crippen LogP contribution in [0.4, 0.5) is 0 Å². The van der Waals surface area contributed by atoms with E-state index in [1.54, 1.807) is 24.5 Å². The van der Waals surface area contributed by atoms with E-state index in [2.05, 4.69) is 20.1 Å². The van der Waals surface area contributed by atoms with E-state index in [4.69, 9.17) is 0 Å². The van der Waals surface area contributed by atoms with E-state index in [0.29, 0.717) is 23.2 Å². The molecule has 0 aromatic carbocycles. The molecule has 0 atom stereocenters. The highest BCUT2D eigenvalue weighted by atomic mass is 16.4. The number of carboxylic acids is 1. The van der Waals surface area contributed by atoms with Crippen molar-refractivity contribution in [3.63, 3.8) is 0 Å². The molecule has 3 aromatic heterocycles. The molecule has 0 saturated heterocycles. The summed E-state index contributed by atoms with van der Waals surface area (Å²) in [7, 11) is 0. The molecule has 0 aliphatic heterocycles. The second-order valence-corrected chi connectivity index (χ2v) is 5.02. The molecule has 0 unspecified atom stereocenters. The maximum atomic E-state index is 11.5. The average Bonchev–Trinajstić information content (AvgIpc) is 3.26. The number of carboxylic acid groups (broad SMARTS) is 1. The molecular formula is C14H11N5O2. The Morgan fingerprint density at radius 1 is 1.24 bits per heavy atom. The highest BCUT2D eigenvalue weighted by molar-refractivity contribution is 5.87. The first-order valence-corrected chi connectivity index (χ1v) is 6.64. The lowest BCUT2D eigenvalue weighted by atomic mass is 10.2. The Kier molecular flexibility index (Phi) is 2.47. The predicted molar refractivity (Wildman–Crippen MR) is 72.9 cm³/mol. The van der Waals surface area contributed by atoms with Gasteiger partial charge in [0.25, 0.3) is 5.78 Å². The van der Waals surface area contributed by atoms with Gasteiger partial charge in [0.2, 0.25) is 0 Å². The number of pyridine rings is 1. The Hall–Kier alpha value is -2.83. The third kappa shape index (κ3) is 2.03. The number of hydrogen-bond acceptors (Lipinski definition) is 5. The Bertz CT molecular complexity index is 839. The van der Waals surface area contributed by atoms with Crippen molar-refractivity contribution in [2.75, 3.05) is 0 Å². The van der Waals surface area contributed by atoms with Gasteiger partial charge < -0.3 is 5.11 Å². The SMILES string of the molecule is O=C(O)c1cc(-c2ccncc2)nc2nc(C3CC3)nn12. The number of carbonyl (C=O) groups is 1. The number of nitrogens with zero attached hydrogens (tertiary/aromatic N) is 5. The van der Waals surface area contributed by atoms with Gasteiger partial charge in [0.1, 0.15) is 0 Å². The molecule has 104 valence electrons. The van der Waals surface area contributed by atoms with E-state index in [0.717, 1.165) is 18.4 Å². The van der Waals surface area contributed by atoms with Gasteiger partial charge in [-0.15, -0.1) is 5.10 Å². The molecule has 21 heavy (non-hydrogen) atoms. The van der Waals surface area contributed by atoms with Crippen LogP contribution in [0, 0.1) is 0 Å². The van der Waals surface area contributed by atoms with E-state index in [1.807, 2.05) is 0 Å². The lowest BCUT2D eigenvalue weighted by Crippen LogP contribution is -2.08. The van der Waals surface area contributed by atoms with Crippen LogP contribution in [-0.4, -0.2) is 35.6 Å². The summed E-state index contributed by atoms with van der Waals surface area (Å²) in [6, 6.07) is 5.07. The summed E-state index contributed by atoms with van der Waals surface area (Å²) in [5.74, 6) is 0.295. The lowest BCUT2D eigenvalue weighted by Gasteiger charge is -2.03. The first-order valence-electron chi connectivity index (χ1n) is 6.64. The van der Waals surface area contributed by atoms with Gasteiger partial charge in [-0.25, -0.2) is 9.78 Å². The zero-order valence-corrected chi connectivity index (χ0v) is 11.0. The zero-order chi connectivity index (χ0) is 14.4. The standard InChI is InChI=1S/C14H11N5O2/c20-13(21)11-7-10(8-3-5-15-6-4-8)16-14-17-12(9-1-2-9)18-19(11)14/h3-7,9H,1-2H2,(H,20,21). The van der Waals surface area contributed by atoms with Crippen LogP contribution in [0.15, 0.2) is 30.6 Å². The Labute approximate surface area is 119 Å². The van der Waals surface area contributed by atoms with Gasteiger partial charge in [-0.2, -0.15) is 9.50 Å². The van der Waals surface area contributed by atoms with Crippen molar-refractivity contribution < 1.29 is 9.90 Å². The van der Waals surface area contributed by atoms with Crippen molar-refractivity contribution in [3.05, 3.63) is 42.1 Å². The summed E-state index contributed by atoms with van der Waals surface area (Å²) in [6.45, 7) is 0. The zero-order valence-electron chi connectivity index (χ0n) is 11.0. The minimum Gasteiger partial charge on any atom is -0.477 e. The van der Waals surface area contributed by atoms with Crippen LogP contribution in [0.5, 0.6) is 0 Å². The van der Waals surface area contributed by atoms with Crippen LogP contribution in [0.1, 0.15) is 35.1 Å². The van der Waals surface area contributed by atoms with E-state index in [1.165, 1.54) is 10.6 Å². The summed E-state index contributed by atoms with van der Waals surface area (Å²) < 4.78 is 1.31. The fourth-order valence-electron chi connectivity index (χ4n) is 2.22. The molecule has 1 saturated carbocycles. The van der Waals surface area contributed by atoms with Crippen LogP contribution in [0.3, 0.4) is 0 Å². The third-order valence-electron chi connectivity index (χ3n) is 3.47. The van der Waals surface area contributed by atoms with Gasteiger partial charge >= 0.3 is 5.97 Å². The first-order chi connectivity index (χ1) is 10.2. The smallest absolute Gasteiger partial charge is 0.354 e.